The third kappa shape index (κ3) is 3.86. The number of nitrogens with zero attached hydrogens (tertiary/aromatic N) is 3. The van der Waals surface area contributed by atoms with Crippen LogP contribution in [-0.4, -0.2) is 49.3 Å². The van der Waals surface area contributed by atoms with Gasteiger partial charge in [0.25, 0.3) is 0 Å². The van der Waals surface area contributed by atoms with Gasteiger partial charge >= 0.3 is 0 Å². The van der Waals surface area contributed by atoms with Crippen LogP contribution < -0.4 is 14.5 Å². The lowest BCUT2D eigenvalue weighted by molar-refractivity contribution is -0.900. The largest absolute Gasteiger partial charge is 0.488 e. The van der Waals surface area contributed by atoms with Crippen molar-refractivity contribution in [2.24, 2.45) is 0 Å². The summed E-state index contributed by atoms with van der Waals surface area (Å²) in [5.41, 5.74) is 0. The van der Waals surface area contributed by atoms with Crippen LogP contribution in [0.1, 0.15) is 0 Å². The zero-order chi connectivity index (χ0) is 17.1. The van der Waals surface area contributed by atoms with Crippen molar-refractivity contribution < 1.29 is 9.64 Å². The van der Waals surface area contributed by atoms with Gasteiger partial charge in [0.05, 0.1) is 31.6 Å². The molecule has 2 aromatic heterocycles. The van der Waals surface area contributed by atoms with Gasteiger partial charge in [0.1, 0.15) is 35.9 Å². The maximum atomic E-state index is 5.89. The minimum Gasteiger partial charge on any atom is -0.488 e. The van der Waals surface area contributed by atoms with E-state index in [2.05, 4.69) is 26.3 Å². The first-order valence-electron chi connectivity index (χ1n) is 8.45. The fraction of sp³-hybridized carbons (Fsp3) is 0.333. The summed E-state index contributed by atoms with van der Waals surface area (Å²) in [6.45, 7) is 5.95. The van der Waals surface area contributed by atoms with Crippen molar-refractivity contribution in [1.29, 1.82) is 0 Å². The van der Waals surface area contributed by atoms with E-state index in [0.717, 1.165) is 60.8 Å². The van der Waals surface area contributed by atoms with Gasteiger partial charge < -0.3 is 14.5 Å². The fourth-order valence-corrected chi connectivity index (χ4v) is 4.01. The highest BCUT2D eigenvalue weighted by Crippen LogP contribution is 2.26. The Morgan fingerprint density at radius 2 is 1.92 bits per heavy atom. The molecule has 0 amide bonds. The molecule has 1 aliphatic heterocycles. The summed E-state index contributed by atoms with van der Waals surface area (Å²) < 4.78 is 5.81. The average molecular weight is 376 g/mol. The molecule has 7 heteroatoms. The number of fused-ring (bicyclic) bond motifs is 1. The predicted octanol–water partition coefficient (Wildman–Crippen LogP) is 2.13. The highest BCUT2D eigenvalue weighted by Gasteiger charge is 2.22. The van der Waals surface area contributed by atoms with Crippen LogP contribution in [0.5, 0.6) is 5.75 Å². The molecule has 0 spiro atoms. The van der Waals surface area contributed by atoms with Gasteiger partial charge in [-0.25, -0.2) is 9.97 Å². The lowest BCUT2D eigenvalue weighted by atomic mass is 10.2. The van der Waals surface area contributed by atoms with Crippen LogP contribution >= 0.6 is 22.9 Å². The van der Waals surface area contributed by atoms with Crippen molar-refractivity contribution in [3.8, 4) is 5.75 Å². The molecule has 0 radical (unpaired) electrons. The molecule has 1 saturated heterocycles. The summed E-state index contributed by atoms with van der Waals surface area (Å²) in [6, 6.07) is 9.66. The average Bonchev–Trinajstić information content (AvgIpc) is 3.13. The van der Waals surface area contributed by atoms with Crippen molar-refractivity contribution in [2.45, 2.75) is 0 Å². The summed E-state index contributed by atoms with van der Waals surface area (Å²) >= 11 is 7.56. The summed E-state index contributed by atoms with van der Waals surface area (Å²) in [7, 11) is 0. The standard InChI is InChI=1S/C18H19ClN4OS/c19-14-1-3-15(4-2-14)24-11-10-22-6-8-23(9-7-22)17-16-5-12-25-18(16)21-13-20-17/h1-5,12-13H,6-11H2/p+1. The zero-order valence-corrected chi connectivity index (χ0v) is 15.4. The smallest absolute Gasteiger partial charge is 0.141 e. The van der Waals surface area contributed by atoms with E-state index in [-0.39, 0.29) is 0 Å². The van der Waals surface area contributed by atoms with Crippen LogP contribution in [0.15, 0.2) is 42.0 Å². The van der Waals surface area contributed by atoms with Gasteiger partial charge in [-0.15, -0.1) is 11.3 Å². The van der Waals surface area contributed by atoms with Crippen LogP contribution in [0, 0.1) is 0 Å². The van der Waals surface area contributed by atoms with E-state index in [1.165, 1.54) is 5.39 Å². The van der Waals surface area contributed by atoms with E-state index in [1.807, 2.05) is 24.3 Å². The molecule has 3 heterocycles. The van der Waals surface area contributed by atoms with Crippen LogP contribution in [-0.2, 0) is 0 Å². The quantitative estimate of drug-likeness (QED) is 0.742. The number of ether oxygens (including phenoxy) is 1. The lowest BCUT2D eigenvalue weighted by Crippen LogP contribution is -3.15. The second-order valence-corrected chi connectivity index (χ2v) is 7.46. The number of aromatic nitrogens is 2. The van der Waals surface area contributed by atoms with Gasteiger partial charge in [0.15, 0.2) is 0 Å². The molecule has 0 saturated carbocycles. The summed E-state index contributed by atoms with van der Waals surface area (Å²) in [6.07, 6.45) is 1.67. The Morgan fingerprint density at radius 3 is 2.72 bits per heavy atom. The Bertz CT molecular complexity index is 830. The summed E-state index contributed by atoms with van der Waals surface area (Å²) in [5.74, 6) is 1.95. The van der Waals surface area contributed by atoms with Crippen LogP contribution in [0.2, 0.25) is 5.02 Å². The maximum absolute atomic E-state index is 5.89. The van der Waals surface area contributed by atoms with Gasteiger partial charge in [-0.3, -0.25) is 0 Å². The molecule has 0 aliphatic carbocycles. The number of quaternary nitrogens is 1. The fourth-order valence-electron chi connectivity index (χ4n) is 3.16. The van der Waals surface area contributed by atoms with Crippen molar-refractivity contribution in [3.63, 3.8) is 0 Å². The highest BCUT2D eigenvalue weighted by atomic mass is 35.5. The number of halogens is 1. The second-order valence-electron chi connectivity index (χ2n) is 6.13. The number of nitrogens with one attached hydrogen (secondary N) is 1. The van der Waals surface area contributed by atoms with Gasteiger partial charge in [-0.05, 0) is 35.7 Å². The molecule has 0 bridgehead atoms. The molecule has 1 fully saturated rings. The summed E-state index contributed by atoms with van der Waals surface area (Å²) in [5, 5.41) is 3.99. The Labute approximate surface area is 155 Å². The van der Waals surface area contributed by atoms with Crippen LogP contribution in [0.3, 0.4) is 0 Å². The maximum Gasteiger partial charge on any atom is 0.141 e. The number of hydrogen-bond acceptors (Lipinski definition) is 5. The number of hydrogen-bond donors (Lipinski definition) is 1. The van der Waals surface area contributed by atoms with Crippen LogP contribution in [0.4, 0.5) is 5.82 Å². The van der Waals surface area contributed by atoms with Gasteiger partial charge in [-0.1, -0.05) is 11.6 Å². The monoisotopic (exact) mass is 375 g/mol. The minimum atomic E-state index is 0.721. The Hall–Kier alpha value is -1.89. The molecule has 25 heavy (non-hydrogen) atoms. The molecule has 0 atom stereocenters. The van der Waals surface area contributed by atoms with Crippen LogP contribution in [0.25, 0.3) is 10.2 Å². The van der Waals surface area contributed by atoms with E-state index >= 15 is 0 Å². The highest BCUT2D eigenvalue weighted by molar-refractivity contribution is 7.16. The van der Waals surface area contributed by atoms with Gasteiger partial charge in [-0.2, -0.15) is 0 Å². The van der Waals surface area contributed by atoms with E-state index in [9.17, 15) is 0 Å². The zero-order valence-electron chi connectivity index (χ0n) is 13.8. The Kier molecular flexibility index (Phi) is 5.01. The predicted molar refractivity (Wildman–Crippen MR) is 102 cm³/mol. The molecule has 1 aliphatic rings. The summed E-state index contributed by atoms with van der Waals surface area (Å²) in [4.78, 5) is 13.9. The molecule has 1 aromatic carbocycles. The number of thiophene rings is 1. The van der Waals surface area contributed by atoms with E-state index in [1.54, 1.807) is 22.6 Å². The third-order valence-electron chi connectivity index (χ3n) is 4.55. The van der Waals surface area contributed by atoms with Crippen molar-refractivity contribution in [2.75, 3.05) is 44.2 Å². The third-order valence-corrected chi connectivity index (χ3v) is 5.62. The Morgan fingerprint density at radius 1 is 1.12 bits per heavy atom. The number of piperazine rings is 1. The number of rotatable bonds is 5. The number of anilines is 1. The SMILES string of the molecule is Clc1ccc(OCC[NH+]2CCN(c3ncnc4sccc34)CC2)cc1. The molecular formula is C18H20ClN4OS+. The first kappa shape index (κ1) is 16.6. The molecule has 0 unspecified atom stereocenters. The van der Waals surface area contributed by atoms with E-state index < -0.39 is 0 Å². The van der Waals surface area contributed by atoms with Crippen molar-refractivity contribution in [1.82, 2.24) is 9.97 Å². The first-order chi connectivity index (χ1) is 12.3. The van der Waals surface area contributed by atoms with Crippen molar-refractivity contribution in [3.05, 3.63) is 47.1 Å². The van der Waals surface area contributed by atoms with Crippen molar-refractivity contribution >= 4 is 39.0 Å². The lowest BCUT2D eigenvalue weighted by Gasteiger charge is -2.33. The topological polar surface area (TPSA) is 42.7 Å². The normalized spacial score (nSPS) is 15.6. The van der Waals surface area contributed by atoms with Gasteiger partial charge in [0, 0.05) is 5.02 Å². The molecule has 130 valence electrons. The second kappa shape index (κ2) is 7.56. The van der Waals surface area contributed by atoms with Gasteiger partial charge in [0.2, 0.25) is 0 Å². The van der Waals surface area contributed by atoms with E-state index in [0.29, 0.717) is 0 Å². The minimum absolute atomic E-state index is 0.721. The van der Waals surface area contributed by atoms with E-state index in [4.69, 9.17) is 16.3 Å². The molecular weight excluding hydrogens is 356 g/mol. The molecule has 4 rings (SSSR count). The number of benzene rings is 1. The Balaban J connectivity index is 1.28. The first-order valence-corrected chi connectivity index (χ1v) is 9.70. The molecule has 3 aromatic rings. The molecule has 1 N–H and O–H groups in total. The molecule has 5 nitrogen and oxygen atoms in total.